The number of nitrogen functional groups attached to an aromatic ring is 1. The van der Waals surface area contributed by atoms with E-state index >= 15 is 0 Å². The summed E-state index contributed by atoms with van der Waals surface area (Å²) < 4.78 is 2.70. The SMILES string of the molecule is Nc1nc2ccccn2c1Br. The molecule has 0 amide bonds. The Morgan fingerprint density at radius 3 is 3.00 bits per heavy atom. The summed E-state index contributed by atoms with van der Waals surface area (Å²) in [5.41, 5.74) is 6.43. The second-order valence-electron chi connectivity index (χ2n) is 2.22. The van der Waals surface area contributed by atoms with Crippen LogP contribution >= 0.6 is 15.9 Å². The van der Waals surface area contributed by atoms with Crippen molar-refractivity contribution in [1.29, 1.82) is 0 Å². The van der Waals surface area contributed by atoms with Crippen LogP contribution in [0.15, 0.2) is 29.0 Å². The smallest absolute Gasteiger partial charge is 0.157 e. The molecule has 2 aromatic heterocycles. The molecule has 0 saturated carbocycles. The molecular weight excluding hydrogens is 206 g/mol. The van der Waals surface area contributed by atoms with Crippen molar-refractivity contribution >= 4 is 27.4 Å². The largest absolute Gasteiger partial charge is 0.381 e. The number of aromatic nitrogens is 2. The molecule has 0 bridgehead atoms. The van der Waals surface area contributed by atoms with Gasteiger partial charge < -0.3 is 5.73 Å². The van der Waals surface area contributed by atoms with E-state index in [9.17, 15) is 0 Å². The van der Waals surface area contributed by atoms with Crippen molar-refractivity contribution in [1.82, 2.24) is 9.38 Å². The van der Waals surface area contributed by atoms with Crippen LogP contribution in [0.4, 0.5) is 5.82 Å². The van der Waals surface area contributed by atoms with E-state index < -0.39 is 0 Å². The lowest BCUT2D eigenvalue weighted by Gasteiger charge is -1.90. The summed E-state index contributed by atoms with van der Waals surface area (Å²) in [6.45, 7) is 0. The van der Waals surface area contributed by atoms with Crippen LogP contribution in [0.25, 0.3) is 5.65 Å². The number of rotatable bonds is 0. The summed E-state index contributed by atoms with van der Waals surface area (Å²) in [5.74, 6) is 0.524. The molecule has 0 unspecified atom stereocenters. The third-order valence-electron chi connectivity index (χ3n) is 1.50. The molecule has 0 atom stereocenters. The van der Waals surface area contributed by atoms with Gasteiger partial charge in [-0.15, -0.1) is 0 Å². The molecule has 56 valence electrons. The van der Waals surface area contributed by atoms with Gasteiger partial charge >= 0.3 is 0 Å². The third-order valence-corrected chi connectivity index (χ3v) is 2.28. The number of hydrogen-bond donors (Lipinski definition) is 1. The first-order chi connectivity index (χ1) is 5.29. The highest BCUT2D eigenvalue weighted by Crippen LogP contribution is 2.19. The number of imidazole rings is 1. The van der Waals surface area contributed by atoms with Gasteiger partial charge in [0.15, 0.2) is 5.82 Å². The summed E-state index contributed by atoms with van der Waals surface area (Å²) in [5, 5.41) is 0. The molecule has 2 N–H and O–H groups in total. The van der Waals surface area contributed by atoms with Gasteiger partial charge in [0.05, 0.1) is 0 Å². The van der Waals surface area contributed by atoms with Crippen molar-refractivity contribution in [3.63, 3.8) is 0 Å². The first-order valence-electron chi connectivity index (χ1n) is 3.17. The maximum atomic E-state index is 5.57. The van der Waals surface area contributed by atoms with Crippen LogP contribution < -0.4 is 5.73 Å². The molecule has 2 heterocycles. The highest BCUT2D eigenvalue weighted by atomic mass is 79.9. The Bertz CT molecular complexity index is 393. The van der Waals surface area contributed by atoms with Crippen molar-refractivity contribution in [2.75, 3.05) is 5.73 Å². The van der Waals surface area contributed by atoms with E-state index in [1.54, 1.807) is 0 Å². The van der Waals surface area contributed by atoms with E-state index in [0.29, 0.717) is 5.82 Å². The minimum atomic E-state index is 0.524. The van der Waals surface area contributed by atoms with Gasteiger partial charge in [0.2, 0.25) is 0 Å². The number of nitrogens with zero attached hydrogens (tertiary/aromatic N) is 2. The lowest BCUT2D eigenvalue weighted by molar-refractivity contribution is 1.15. The van der Waals surface area contributed by atoms with Crippen molar-refractivity contribution in [3.8, 4) is 0 Å². The predicted molar refractivity (Wildman–Crippen MR) is 47.3 cm³/mol. The zero-order chi connectivity index (χ0) is 7.84. The Hall–Kier alpha value is -1.03. The van der Waals surface area contributed by atoms with Crippen LogP contribution in [-0.4, -0.2) is 9.38 Å². The standard InChI is InChI=1S/C7H6BrN3/c8-6-7(9)10-5-3-1-2-4-11(5)6/h1-4H,9H2. The summed E-state index contributed by atoms with van der Waals surface area (Å²) in [4.78, 5) is 4.11. The van der Waals surface area contributed by atoms with Gasteiger partial charge in [0.1, 0.15) is 10.3 Å². The average molecular weight is 212 g/mol. The van der Waals surface area contributed by atoms with Crippen LogP contribution in [0.2, 0.25) is 0 Å². The number of fused-ring (bicyclic) bond motifs is 1. The monoisotopic (exact) mass is 211 g/mol. The fraction of sp³-hybridized carbons (Fsp3) is 0. The van der Waals surface area contributed by atoms with Crippen LogP contribution in [0.3, 0.4) is 0 Å². The minimum Gasteiger partial charge on any atom is -0.381 e. The zero-order valence-electron chi connectivity index (χ0n) is 5.66. The molecule has 0 aliphatic rings. The summed E-state index contributed by atoms with van der Waals surface area (Å²) in [6, 6.07) is 5.76. The first-order valence-corrected chi connectivity index (χ1v) is 3.96. The molecule has 0 spiro atoms. The Balaban J connectivity index is 2.92. The minimum absolute atomic E-state index is 0.524. The number of nitrogens with two attached hydrogens (primary N) is 1. The quantitative estimate of drug-likeness (QED) is 0.721. The summed E-state index contributed by atoms with van der Waals surface area (Å²) in [7, 11) is 0. The highest BCUT2D eigenvalue weighted by molar-refractivity contribution is 9.10. The average Bonchev–Trinajstić information content (AvgIpc) is 2.30. The molecule has 0 radical (unpaired) electrons. The second kappa shape index (κ2) is 2.23. The molecule has 0 aromatic carbocycles. The van der Waals surface area contributed by atoms with Gasteiger partial charge in [-0.25, -0.2) is 4.98 Å². The molecule has 3 nitrogen and oxygen atoms in total. The van der Waals surface area contributed by atoms with E-state index in [4.69, 9.17) is 5.73 Å². The number of halogens is 1. The van der Waals surface area contributed by atoms with Crippen molar-refractivity contribution in [3.05, 3.63) is 29.0 Å². The lowest BCUT2D eigenvalue weighted by Crippen LogP contribution is -1.84. The lowest BCUT2D eigenvalue weighted by atomic mass is 10.5. The van der Waals surface area contributed by atoms with Gasteiger partial charge in [-0.05, 0) is 28.1 Å². The number of anilines is 1. The fourth-order valence-electron chi connectivity index (χ4n) is 0.984. The Morgan fingerprint density at radius 1 is 1.45 bits per heavy atom. The van der Waals surface area contributed by atoms with Crippen molar-refractivity contribution in [2.45, 2.75) is 0 Å². The maximum Gasteiger partial charge on any atom is 0.157 e. The second-order valence-corrected chi connectivity index (χ2v) is 2.97. The van der Waals surface area contributed by atoms with Gasteiger partial charge in [-0.3, -0.25) is 4.40 Å². The van der Waals surface area contributed by atoms with Crippen LogP contribution in [0, 0.1) is 0 Å². The van der Waals surface area contributed by atoms with E-state index in [-0.39, 0.29) is 0 Å². The van der Waals surface area contributed by atoms with Crippen LogP contribution in [0.1, 0.15) is 0 Å². The van der Waals surface area contributed by atoms with Crippen LogP contribution in [-0.2, 0) is 0 Å². The van der Waals surface area contributed by atoms with E-state index in [0.717, 1.165) is 10.3 Å². The van der Waals surface area contributed by atoms with E-state index in [1.165, 1.54) is 0 Å². The molecule has 0 aliphatic carbocycles. The summed E-state index contributed by atoms with van der Waals surface area (Å²) in [6.07, 6.45) is 1.91. The van der Waals surface area contributed by atoms with Crippen molar-refractivity contribution < 1.29 is 0 Å². The summed E-state index contributed by atoms with van der Waals surface area (Å²) >= 11 is 3.33. The topological polar surface area (TPSA) is 43.3 Å². The van der Waals surface area contributed by atoms with E-state index in [2.05, 4.69) is 20.9 Å². The van der Waals surface area contributed by atoms with Crippen LogP contribution in [0.5, 0.6) is 0 Å². The van der Waals surface area contributed by atoms with Crippen molar-refractivity contribution in [2.24, 2.45) is 0 Å². The van der Waals surface area contributed by atoms with Gasteiger partial charge in [-0.2, -0.15) is 0 Å². The molecule has 4 heteroatoms. The zero-order valence-corrected chi connectivity index (χ0v) is 7.25. The molecular formula is C7H6BrN3. The highest BCUT2D eigenvalue weighted by Gasteiger charge is 2.03. The third kappa shape index (κ3) is 0.903. The number of pyridine rings is 1. The fourth-order valence-corrected chi connectivity index (χ4v) is 1.37. The Kier molecular flexibility index (Phi) is 1.35. The first kappa shape index (κ1) is 6.67. The molecule has 2 aromatic rings. The maximum absolute atomic E-state index is 5.57. The molecule has 0 fully saturated rings. The normalized spacial score (nSPS) is 10.6. The Morgan fingerprint density at radius 2 is 2.27 bits per heavy atom. The predicted octanol–water partition coefficient (Wildman–Crippen LogP) is 1.68. The molecule has 11 heavy (non-hydrogen) atoms. The molecule has 0 saturated heterocycles. The molecule has 2 rings (SSSR count). The van der Waals surface area contributed by atoms with E-state index in [1.807, 2.05) is 28.8 Å². The van der Waals surface area contributed by atoms with Gasteiger partial charge in [0, 0.05) is 6.20 Å². The number of hydrogen-bond acceptors (Lipinski definition) is 2. The van der Waals surface area contributed by atoms with Gasteiger partial charge in [0.25, 0.3) is 0 Å². The van der Waals surface area contributed by atoms with Gasteiger partial charge in [-0.1, -0.05) is 6.07 Å². The molecule has 0 aliphatic heterocycles. The Labute approximate surface area is 72.0 Å².